The normalized spacial score (nSPS) is 15.6. The van der Waals surface area contributed by atoms with E-state index in [0.29, 0.717) is 0 Å². The van der Waals surface area contributed by atoms with E-state index in [4.69, 9.17) is 20.9 Å². The first-order valence-electron chi connectivity index (χ1n) is 15.1. The fourth-order valence-corrected chi connectivity index (χ4v) is 8.78. The van der Waals surface area contributed by atoms with Gasteiger partial charge in [-0.15, -0.1) is 0 Å². The van der Waals surface area contributed by atoms with E-state index in [2.05, 4.69) is 0 Å². The summed E-state index contributed by atoms with van der Waals surface area (Å²) in [5.74, 6) is -7.06. The Kier molecular flexibility index (Phi) is 9.35. The number of hydrogen-bond donors (Lipinski definition) is 4. The lowest BCUT2D eigenvalue weighted by Gasteiger charge is -2.25. The Morgan fingerprint density at radius 2 is 0.812 bits per heavy atom. The quantitative estimate of drug-likeness (QED) is 0.0664. The van der Waals surface area contributed by atoms with Gasteiger partial charge in [0, 0.05) is 23.3 Å². The van der Waals surface area contributed by atoms with E-state index >= 15 is 0 Å². The van der Waals surface area contributed by atoms with Gasteiger partial charge in [-0.25, -0.2) is 19.2 Å². The molecule has 0 fully saturated rings. The third-order valence-electron chi connectivity index (χ3n) is 8.84. The highest BCUT2D eigenvalue weighted by Crippen LogP contribution is 2.46. The average molecular weight is 685 g/mol. The van der Waals surface area contributed by atoms with Crippen LogP contribution in [-0.4, -0.2) is 69.9 Å². The number of rotatable bonds is 13. The lowest BCUT2D eigenvalue weighted by molar-refractivity contribution is -0.161. The van der Waals surface area contributed by atoms with Gasteiger partial charge in [0.05, 0.1) is 0 Å². The van der Waals surface area contributed by atoms with Crippen LogP contribution in [-0.2, 0) is 28.7 Å². The van der Waals surface area contributed by atoms with Gasteiger partial charge in [0.1, 0.15) is 13.2 Å². The molecule has 0 spiro atoms. The van der Waals surface area contributed by atoms with Crippen LogP contribution in [0.4, 0.5) is 0 Å². The van der Waals surface area contributed by atoms with Crippen LogP contribution >= 0.6 is 21.6 Å². The molecule has 0 aliphatic heterocycles. The molecule has 12 heteroatoms. The maximum atomic E-state index is 13.1. The number of ether oxygens (including phenoxy) is 2. The van der Waals surface area contributed by atoms with E-state index in [1.807, 2.05) is 97.1 Å². The first kappa shape index (κ1) is 33.3. The zero-order valence-electron chi connectivity index (χ0n) is 25.5. The predicted molar refractivity (Wildman–Crippen MR) is 183 cm³/mol. The lowest BCUT2D eigenvalue weighted by Crippen LogP contribution is -2.59. The molecule has 0 amide bonds. The highest BCUT2D eigenvalue weighted by Gasteiger charge is 2.47. The fraction of sp³-hybridized carbons (Fsp3) is 0.222. The molecule has 0 saturated carbocycles. The molecule has 2 aliphatic carbocycles. The van der Waals surface area contributed by atoms with E-state index in [0.717, 1.165) is 66.1 Å². The van der Waals surface area contributed by atoms with Crippen molar-refractivity contribution in [2.24, 2.45) is 11.5 Å². The summed E-state index contributed by atoms with van der Waals surface area (Å²) < 4.78 is 11.0. The second kappa shape index (κ2) is 13.5. The van der Waals surface area contributed by atoms with Crippen LogP contribution in [0.2, 0.25) is 0 Å². The van der Waals surface area contributed by atoms with Gasteiger partial charge in [0.25, 0.3) is 0 Å². The number of carbonyl (C=O) groups is 4. The summed E-state index contributed by atoms with van der Waals surface area (Å²) in [6.45, 7) is -0.243. The second-order valence-corrected chi connectivity index (χ2v) is 14.2. The van der Waals surface area contributed by atoms with Crippen molar-refractivity contribution in [3.8, 4) is 22.3 Å². The van der Waals surface area contributed by atoms with Crippen LogP contribution in [0.3, 0.4) is 0 Å². The van der Waals surface area contributed by atoms with Crippen molar-refractivity contribution in [3.05, 3.63) is 119 Å². The number of carbonyl (C=O) groups excluding carboxylic acids is 2. The molecule has 0 heterocycles. The van der Waals surface area contributed by atoms with E-state index < -0.39 is 46.5 Å². The van der Waals surface area contributed by atoms with Crippen LogP contribution in [0.1, 0.15) is 34.1 Å². The van der Waals surface area contributed by atoms with Crippen molar-refractivity contribution in [2.75, 3.05) is 24.7 Å². The smallest absolute Gasteiger partial charge is 0.338 e. The molecular formula is C36H32N2O8S2. The summed E-state index contributed by atoms with van der Waals surface area (Å²) in [5, 5.41) is 19.8. The van der Waals surface area contributed by atoms with Crippen LogP contribution in [0.5, 0.6) is 0 Å². The molecule has 4 aromatic rings. The lowest BCUT2D eigenvalue weighted by atomic mass is 9.98. The molecule has 10 nitrogen and oxygen atoms in total. The van der Waals surface area contributed by atoms with Gasteiger partial charge in [0.2, 0.25) is 11.1 Å². The Hall–Kier alpha value is -4.62. The van der Waals surface area contributed by atoms with Gasteiger partial charge in [-0.1, -0.05) is 119 Å². The van der Waals surface area contributed by atoms with Crippen LogP contribution in [0.25, 0.3) is 22.3 Å². The van der Waals surface area contributed by atoms with Crippen molar-refractivity contribution in [1.29, 1.82) is 0 Å². The summed E-state index contributed by atoms with van der Waals surface area (Å²) in [7, 11) is 1.59. The van der Waals surface area contributed by atoms with Crippen LogP contribution in [0.15, 0.2) is 97.1 Å². The Morgan fingerprint density at radius 3 is 1.08 bits per heavy atom. The standard InChI is InChI=1S/C36H32N2O8S2/c37-35(31(39)40,33(43)45-17-29-25-13-5-1-9-21(25)22-10-2-6-14-26(22)29)19-47-48-20-36(38,32(41)42)34(44)46-18-30-27-15-7-3-11-23(27)24-12-4-8-16-28(24)30/h1-16,29-30H,17-20,37-38H2,(H,39,40)(H,41,42)/t35-,36-/m0/s1. The number of carboxylic acids is 2. The monoisotopic (exact) mass is 684 g/mol. The SMILES string of the molecule is N[C@@](CSSC[C@](N)(C(=O)O)C(=O)OCC1c2ccccc2-c2ccccc21)(C(=O)O)C(=O)OCC1c2ccccc2-c2ccccc21. The Balaban J connectivity index is 1.06. The van der Waals surface area contributed by atoms with Crippen LogP contribution in [0, 0.1) is 0 Å². The summed E-state index contributed by atoms with van der Waals surface area (Å²) in [4.78, 5) is 50.7. The van der Waals surface area contributed by atoms with E-state index in [1.54, 1.807) is 0 Å². The van der Waals surface area contributed by atoms with Crippen molar-refractivity contribution < 1.29 is 38.9 Å². The first-order valence-corrected chi connectivity index (χ1v) is 17.5. The van der Waals surface area contributed by atoms with E-state index in [9.17, 15) is 29.4 Å². The van der Waals surface area contributed by atoms with Crippen molar-refractivity contribution in [2.45, 2.75) is 22.9 Å². The van der Waals surface area contributed by atoms with E-state index in [-0.39, 0.29) is 25.0 Å². The predicted octanol–water partition coefficient (Wildman–Crippen LogP) is 4.64. The molecule has 2 atom stereocenters. The number of hydrogen-bond acceptors (Lipinski definition) is 10. The fourth-order valence-electron chi connectivity index (χ4n) is 6.14. The molecule has 0 aromatic heterocycles. The van der Waals surface area contributed by atoms with E-state index in [1.165, 1.54) is 0 Å². The molecule has 48 heavy (non-hydrogen) atoms. The zero-order valence-corrected chi connectivity index (χ0v) is 27.2. The van der Waals surface area contributed by atoms with Gasteiger partial charge < -0.3 is 31.2 Å². The number of aliphatic carboxylic acids is 2. The topological polar surface area (TPSA) is 179 Å². The first-order chi connectivity index (χ1) is 23.1. The van der Waals surface area contributed by atoms with Crippen molar-refractivity contribution in [1.82, 2.24) is 0 Å². The van der Waals surface area contributed by atoms with Crippen LogP contribution < -0.4 is 11.5 Å². The van der Waals surface area contributed by atoms with Gasteiger partial charge in [-0.2, -0.15) is 0 Å². The Bertz CT molecular complexity index is 1690. The summed E-state index contributed by atoms with van der Waals surface area (Å²) in [5.41, 5.74) is 15.1. The van der Waals surface area contributed by atoms with Crippen molar-refractivity contribution in [3.63, 3.8) is 0 Å². The highest BCUT2D eigenvalue weighted by atomic mass is 33.1. The molecule has 0 saturated heterocycles. The average Bonchev–Trinajstić information content (AvgIpc) is 3.59. The number of nitrogens with two attached hydrogens (primary N) is 2. The minimum Gasteiger partial charge on any atom is -0.479 e. The zero-order chi connectivity index (χ0) is 34.1. The van der Waals surface area contributed by atoms with Gasteiger partial charge in [-0.05, 0) is 44.5 Å². The summed E-state index contributed by atoms with van der Waals surface area (Å²) in [6.07, 6.45) is 0. The molecular weight excluding hydrogens is 653 g/mol. The minimum absolute atomic E-state index is 0.121. The Labute approximate surface area is 284 Å². The minimum atomic E-state index is -2.44. The Morgan fingerprint density at radius 1 is 0.542 bits per heavy atom. The molecule has 246 valence electrons. The molecule has 0 unspecified atom stereocenters. The van der Waals surface area contributed by atoms with Gasteiger partial charge in [-0.3, -0.25) is 0 Å². The molecule has 6 rings (SSSR count). The highest BCUT2D eigenvalue weighted by molar-refractivity contribution is 8.76. The number of benzene rings is 4. The maximum Gasteiger partial charge on any atom is 0.338 e. The van der Waals surface area contributed by atoms with Gasteiger partial charge >= 0.3 is 23.9 Å². The molecule has 6 N–H and O–H groups in total. The third-order valence-corrected chi connectivity index (χ3v) is 11.4. The molecule has 0 bridgehead atoms. The molecule has 4 aromatic carbocycles. The number of fused-ring (bicyclic) bond motifs is 6. The largest absolute Gasteiger partial charge is 0.479 e. The number of esters is 2. The molecule has 0 radical (unpaired) electrons. The maximum absolute atomic E-state index is 13.1. The van der Waals surface area contributed by atoms with Crippen molar-refractivity contribution >= 4 is 45.5 Å². The molecule has 2 aliphatic rings. The second-order valence-electron chi connectivity index (χ2n) is 11.7. The van der Waals surface area contributed by atoms with Gasteiger partial charge in [0.15, 0.2) is 0 Å². The number of carboxylic acid groups (broad SMARTS) is 2. The summed E-state index contributed by atoms with van der Waals surface area (Å²) in [6, 6.07) is 30.9. The summed E-state index contributed by atoms with van der Waals surface area (Å²) >= 11 is 0. The third kappa shape index (κ3) is 5.96.